The van der Waals surface area contributed by atoms with Gasteiger partial charge in [0.05, 0.1) is 15.1 Å². The first-order chi connectivity index (χ1) is 28.9. The zero-order valence-corrected chi connectivity index (χ0v) is 25.9. The fraction of sp³-hybridized carbons (Fsp3) is 0. The van der Waals surface area contributed by atoms with Crippen LogP contribution in [-0.4, -0.2) is 0 Å². The summed E-state index contributed by atoms with van der Waals surface area (Å²) in [5.74, 6) is 0. The highest BCUT2D eigenvalue weighted by Crippen LogP contribution is 2.48. The summed E-state index contributed by atoms with van der Waals surface area (Å²) in [7, 11) is 0. The predicted molar refractivity (Wildman–Crippen MR) is 208 cm³/mol. The normalized spacial score (nSPS) is 14.8. The monoisotopic (exact) mass is 633 g/mol. The van der Waals surface area contributed by atoms with Crippen LogP contribution in [0.3, 0.4) is 0 Å². The van der Waals surface area contributed by atoms with Gasteiger partial charge < -0.3 is 4.42 Å². The molecule has 10 rings (SSSR count). The maximum absolute atomic E-state index is 9.88. The van der Waals surface area contributed by atoms with Crippen molar-refractivity contribution in [3.63, 3.8) is 0 Å². The first kappa shape index (κ1) is 18.8. The van der Waals surface area contributed by atoms with Crippen LogP contribution in [0, 0.1) is 0 Å². The highest BCUT2D eigenvalue weighted by Gasteiger charge is 2.21. The molecule has 0 spiro atoms. The molecule has 10 aromatic rings. The van der Waals surface area contributed by atoms with Crippen molar-refractivity contribution >= 4 is 54.3 Å². The molecule has 228 valence electrons. The third-order valence-corrected chi connectivity index (χ3v) is 9.24. The van der Waals surface area contributed by atoms with Crippen LogP contribution in [0.5, 0.6) is 0 Å². The molecule has 0 unspecified atom stereocenters. The van der Waals surface area contributed by atoms with Gasteiger partial charge in [-0.2, -0.15) is 0 Å². The maximum atomic E-state index is 9.88. The van der Waals surface area contributed by atoms with Gasteiger partial charge in [0, 0.05) is 10.8 Å². The first-order valence-electron chi connectivity index (χ1n) is 21.5. The molecule has 0 saturated carbocycles. The van der Waals surface area contributed by atoms with E-state index in [1.165, 1.54) is 0 Å². The Morgan fingerprint density at radius 1 is 0.388 bits per heavy atom. The molecule has 0 bridgehead atoms. The van der Waals surface area contributed by atoms with Gasteiger partial charge in [0.1, 0.15) is 11.2 Å². The lowest BCUT2D eigenvalue weighted by atomic mass is 9.83. The van der Waals surface area contributed by atoms with Gasteiger partial charge in [-0.05, 0) is 107 Å². The molecule has 9 aromatic carbocycles. The Bertz CT molecular complexity index is 3420. The van der Waals surface area contributed by atoms with Gasteiger partial charge in [-0.1, -0.05) is 151 Å². The third-order valence-electron chi connectivity index (χ3n) is 9.24. The minimum Gasteiger partial charge on any atom is -0.456 e. The molecule has 0 radical (unpaired) electrons. The molecule has 1 aromatic heterocycles. The van der Waals surface area contributed by atoms with Crippen molar-refractivity contribution in [3.05, 3.63) is 182 Å². The second-order valence-electron chi connectivity index (χ2n) is 11.9. The van der Waals surface area contributed by atoms with Crippen molar-refractivity contribution in [2.75, 3.05) is 0 Å². The van der Waals surface area contributed by atoms with Crippen LogP contribution < -0.4 is 0 Å². The maximum Gasteiger partial charge on any atom is 0.136 e. The van der Waals surface area contributed by atoms with Crippen molar-refractivity contribution in [3.8, 4) is 44.5 Å². The molecule has 0 N–H and O–H groups in total. The van der Waals surface area contributed by atoms with Gasteiger partial charge in [-0.25, -0.2) is 0 Å². The second-order valence-corrected chi connectivity index (χ2v) is 11.9. The van der Waals surface area contributed by atoms with E-state index < -0.39 is 30.2 Å². The fourth-order valence-electron chi connectivity index (χ4n) is 7.15. The summed E-state index contributed by atoms with van der Waals surface area (Å²) in [5, 5.41) is 4.80. The van der Waals surface area contributed by atoms with Crippen LogP contribution in [0.25, 0.3) is 98.8 Å². The van der Waals surface area contributed by atoms with Gasteiger partial charge in [-0.3, -0.25) is 0 Å². The molecule has 0 amide bonds. The van der Waals surface area contributed by atoms with Gasteiger partial charge >= 0.3 is 0 Å². The molecule has 0 fully saturated rings. The summed E-state index contributed by atoms with van der Waals surface area (Å²) in [5.41, 5.74) is 5.01. The van der Waals surface area contributed by atoms with Crippen molar-refractivity contribution < 1.29 is 19.5 Å². The van der Waals surface area contributed by atoms with Gasteiger partial charge in [-0.15, -0.1) is 0 Å². The number of benzene rings is 9. The van der Waals surface area contributed by atoms with Crippen molar-refractivity contribution in [2.45, 2.75) is 0 Å². The fourth-order valence-corrected chi connectivity index (χ4v) is 7.15. The molecule has 1 heterocycles. The lowest BCUT2D eigenvalue weighted by molar-refractivity contribution is 0.669. The summed E-state index contributed by atoms with van der Waals surface area (Å²) >= 11 is 0. The predicted octanol–water partition coefficient (Wildman–Crippen LogP) is 13.7. The third kappa shape index (κ3) is 4.40. The van der Waals surface area contributed by atoms with E-state index in [4.69, 9.17) is 15.4 Å². The Labute approximate surface area is 299 Å². The van der Waals surface area contributed by atoms with Crippen molar-refractivity contribution in [2.24, 2.45) is 0 Å². The Morgan fingerprint density at radius 2 is 1.04 bits per heavy atom. The average molecular weight is 634 g/mol. The second kappa shape index (κ2) is 11.1. The zero-order chi connectivity index (χ0) is 41.9. The van der Waals surface area contributed by atoms with Crippen LogP contribution in [0.1, 0.15) is 15.1 Å². The first-order valence-corrected chi connectivity index (χ1v) is 16.0. The number of hydrogen-bond donors (Lipinski definition) is 0. The number of furan rings is 1. The minimum atomic E-state index is -0.463. The van der Waals surface area contributed by atoms with Gasteiger partial charge in [0.15, 0.2) is 0 Å². The summed E-state index contributed by atoms with van der Waals surface area (Å²) in [6.07, 6.45) is 0. The number of hydrogen-bond acceptors (Lipinski definition) is 1. The Kier molecular flexibility index (Phi) is 4.25. The molecular formula is C48H30O. The molecule has 0 aliphatic rings. The molecule has 0 saturated heterocycles. The Morgan fingerprint density at radius 3 is 1.78 bits per heavy atom. The lowest BCUT2D eigenvalue weighted by Crippen LogP contribution is -1.93. The number of fused-ring (bicyclic) bond motifs is 6. The van der Waals surface area contributed by atoms with Crippen LogP contribution in [0.15, 0.2) is 186 Å². The molecular weight excluding hydrogens is 593 g/mol. The van der Waals surface area contributed by atoms with Crippen molar-refractivity contribution in [1.82, 2.24) is 0 Å². The largest absolute Gasteiger partial charge is 0.456 e. The quantitative estimate of drug-likeness (QED) is 0.176. The summed E-state index contributed by atoms with van der Waals surface area (Å²) < 4.78 is 103. The average Bonchev–Trinajstić information content (AvgIpc) is 3.64. The smallest absolute Gasteiger partial charge is 0.136 e. The summed E-state index contributed by atoms with van der Waals surface area (Å²) in [4.78, 5) is 0. The molecule has 0 atom stereocenters. The van der Waals surface area contributed by atoms with E-state index in [-0.39, 0.29) is 58.2 Å². The minimum absolute atomic E-state index is 0.0235. The Balaban J connectivity index is 1.32. The summed E-state index contributed by atoms with van der Waals surface area (Å²) in [6, 6.07) is 32.1. The molecule has 0 aliphatic carbocycles. The topological polar surface area (TPSA) is 13.1 Å². The highest BCUT2D eigenvalue weighted by atomic mass is 16.3. The van der Waals surface area contributed by atoms with Crippen molar-refractivity contribution in [1.29, 1.82) is 0 Å². The van der Waals surface area contributed by atoms with Crippen LogP contribution >= 0.6 is 0 Å². The van der Waals surface area contributed by atoms with Gasteiger partial charge in [0.25, 0.3) is 0 Å². The molecule has 49 heavy (non-hydrogen) atoms. The SMILES string of the molecule is [2H]c1c([2H])c([2H])c(-c2ccc3c(c2)oc2cccc(-c4c5ccccc5c(-c5c([2H])c(-c6ccccc6)c([2H])c6c([2H])c([2H])c([2H])c([2H])c56)c5ccccc45)c23)c([2H])c1[2H]. The van der Waals surface area contributed by atoms with Crippen LogP contribution in [0.2, 0.25) is 0 Å². The molecule has 1 heteroatoms. The van der Waals surface area contributed by atoms with E-state index in [0.717, 1.165) is 43.4 Å². The molecule has 1 nitrogen and oxygen atoms in total. The summed E-state index contributed by atoms with van der Waals surface area (Å²) in [6.45, 7) is 0. The van der Waals surface area contributed by atoms with E-state index in [9.17, 15) is 4.11 Å². The van der Waals surface area contributed by atoms with Crippen LogP contribution in [0.4, 0.5) is 0 Å². The van der Waals surface area contributed by atoms with E-state index in [0.29, 0.717) is 33.4 Å². The lowest BCUT2D eigenvalue weighted by Gasteiger charge is -2.20. The zero-order valence-electron chi connectivity index (χ0n) is 36.9. The van der Waals surface area contributed by atoms with Gasteiger partial charge in [0.2, 0.25) is 0 Å². The Hall–Kier alpha value is -6.44. The van der Waals surface area contributed by atoms with E-state index in [2.05, 4.69) is 0 Å². The van der Waals surface area contributed by atoms with E-state index in [1.807, 2.05) is 91.0 Å². The standard InChI is InChI=1S/C48H30O/c1-3-14-31(15-4-1)33-26-27-41-45(30-33)49-44-25-13-24-42(48(41)44)46-37-20-9-11-22-39(37)47(40-23-12-10-21-38(40)46)43-29-35(32-16-5-2-6-17-32)28-34-18-7-8-19-36(34)43/h1-30H/i1D,3D,4D,7D,8D,14D,15D,18D,19D,28D,29D. The van der Waals surface area contributed by atoms with E-state index >= 15 is 0 Å². The molecule has 0 aliphatic heterocycles. The highest BCUT2D eigenvalue weighted by molar-refractivity contribution is 6.27. The number of rotatable bonds is 4. The van der Waals surface area contributed by atoms with E-state index in [1.54, 1.807) is 24.3 Å². The van der Waals surface area contributed by atoms with Crippen LogP contribution in [-0.2, 0) is 0 Å².